The second-order valence-electron chi connectivity index (χ2n) is 6.27. The highest BCUT2D eigenvalue weighted by molar-refractivity contribution is 6.01. The summed E-state index contributed by atoms with van der Waals surface area (Å²) in [6.07, 6.45) is 1.63. The summed E-state index contributed by atoms with van der Waals surface area (Å²) in [6, 6.07) is 11.1. The first-order valence-electron chi connectivity index (χ1n) is 8.20. The van der Waals surface area contributed by atoms with E-state index in [1.165, 1.54) is 4.90 Å². The number of hydrogen-bond acceptors (Lipinski definition) is 4. The molecule has 0 bridgehead atoms. The lowest BCUT2D eigenvalue weighted by atomic mass is 10.2. The largest absolute Gasteiger partial charge is 0.367 e. The first-order chi connectivity index (χ1) is 11.9. The number of carbonyl (C=O) groups excluding carboxylic acids is 2. The Morgan fingerprint density at radius 3 is 2.48 bits per heavy atom. The number of nitrogens with one attached hydrogen (secondary N) is 2. The lowest BCUT2D eigenvalue weighted by Gasteiger charge is -2.19. The van der Waals surface area contributed by atoms with Crippen molar-refractivity contribution in [2.24, 2.45) is 0 Å². The van der Waals surface area contributed by atoms with E-state index in [0.29, 0.717) is 17.1 Å². The summed E-state index contributed by atoms with van der Waals surface area (Å²) in [6.45, 7) is 5.89. The van der Waals surface area contributed by atoms with Gasteiger partial charge in [-0.05, 0) is 45.0 Å². The summed E-state index contributed by atoms with van der Waals surface area (Å²) < 4.78 is 0. The Morgan fingerprint density at radius 1 is 1.16 bits per heavy atom. The van der Waals surface area contributed by atoms with E-state index in [2.05, 4.69) is 15.6 Å². The van der Waals surface area contributed by atoms with Crippen molar-refractivity contribution in [1.29, 1.82) is 0 Å². The second-order valence-corrected chi connectivity index (χ2v) is 6.27. The molecular formula is C19H24N4O2. The molecule has 132 valence electrons. The van der Waals surface area contributed by atoms with Gasteiger partial charge in [-0.15, -0.1) is 0 Å². The van der Waals surface area contributed by atoms with Gasteiger partial charge in [0.1, 0.15) is 5.82 Å². The van der Waals surface area contributed by atoms with Crippen LogP contribution in [0.4, 0.5) is 11.5 Å². The molecule has 0 aliphatic rings. The Bertz CT molecular complexity index is 741. The van der Waals surface area contributed by atoms with Crippen molar-refractivity contribution >= 4 is 23.3 Å². The maximum atomic E-state index is 12.6. The van der Waals surface area contributed by atoms with Crippen molar-refractivity contribution < 1.29 is 9.59 Å². The van der Waals surface area contributed by atoms with Gasteiger partial charge in [0.15, 0.2) is 0 Å². The van der Waals surface area contributed by atoms with Crippen molar-refractivity contribution in [2.75, 3.05) is 24.2 Å². The predicted octanol–water partition coefficient (Wildman–Crippen LogP) is 2.92. The summed E-state index contributed by atoms with van der Waals surface area (Å²) in [5.41, 5.74) is 2.27. The van der Waals surface area contributed by atoms with Gasteiger partial charge >= 0.3 is 0 Å². The molecule has 1 aromatic carbocycles. The van der Waals surface area contributed by atoms with E-state index < -0.39 is 0 Å². The van der Waals surface area contributed by atoms with Crippen LogP contribution in [0.5, 0.6) is 0 Å². The summed E-state index contributed by atoms with van der Waals surface area (Å²) in [7, 11) is 1.60. The van der Waals surface area contributed by atoms with Gasteiger partial charge in [-0.1, -0.05) is 17.7 Å². The number of carbonyl (C=O) groups is 2. The van der Waals surface area contributed by atoms with E-state index in [-0.39, 0.29) is 24.4 Å². The molecule has 0 spiro atoms. The number of benzene rings is 1. The molecule has 2 N–H and O–H groups in total. The lowest BCUT2D eigenvalue weighted by molar-refractivity contribution is -0.116. The van der Waals surface area contributed by atoms with Gasteiger partial charge < -0.3 is 15.5 Å². The molecule has 6 nitrogen and oxygen atoms in total. The summed E-state index contributed by atoms with van der Waals surface area (Å²) in [5, 5.41) is 5.94. The van der Waals surface area contributed by atoms with Crippen LogP contribution >= 0.6 is 0 Å². The second kappa shape index (κ2) is 8.28. The van der Waals surface area contributed by atoms with E-state index in [4.69, 9.17) is 0 Å². The van der Waals surface area contributed by atoms with Crippen molar-refractivity contribution in [1.82, 2.24) is 9.88 Å². The molecular weight excluding hydrogens is 316 g/mol. The Balaban J connectivity index is 2.02. The van der Waals surface area contributed by atoms with Crippen LogP contribution in [0.15, 0.2) is 42.6 Å². The fraction of sp³-hybridized carbons (Fsp3) is 0.316. The van der Waals surface area contributed by atoms with Crippen LogP contribution in [-0.2, 0) is 4.79 Å². The first-order valence-corrected chi connectivity index (χ1v) is 8.20. The zero-order valence-corrected chi connectivity index (χ0v) is 15.0. The molecule has 25 heavy (non-hydrogen) atoms. The Hall–Kier alpha value is -2.89. The fourth-order valence-corrected chi connectivity index (χ4v) is 2.30. The maximum absolute atomic E-state index is 12.6. The normalized spacial score (nSPS) is 10.4. The average Bonchev–Trinajstić information content (AvgIpc) is 2.56. The zero-order valence-electron chi connectivity index (χ0n) is 15.0. The molecule has 6 heteroatoms. The molecule has 2 rings (SSSR count). The van der Waals surface area contributed by atoms with Crippen LogP contribution in [0.3, 0.4) is 0 Å². The van der Waals surface area contributed by atoms with Gasteiger partial charge in [0.25, 0.3) is 5.91 Å². The molecule has 1 heterocycles. The van der Waals surface area contributed by atoms with Crippen molar-refractivity contribution in [3.8, 4) is 0 Å². The van der Waals surface area contributed by atoms with Gasteiger partial charge in [-0.2, -0.15) is 0 Å². The van der Waals surface area contributed by atoms with Crippen LogP contribution in [0.1, 0.15) is 29.8 Å². The van der Waals surface area contributed by atoms with Crippen molar-refractivity contribution in [2.45, 2.75) is 26.8 Å². The number of likely N-dealkylation sites (N-methyl/N-ethyl adjacent to an activating group) is 1. The summed E-state index contributed by atoms with van der Waals surface area (Å²) in [5.74, 6) is 0.0190. The van der Waals surface area contributed by atoms with Gasteiger partial charge in [0.2, 0.25) is 5.91 Å². The molecule has 0 atom stereocenters. The zero-order chi connectivity index (χ0) is 18.4. The third-order valence-electron chi connectivity index (χ3n) is 3.53. The minimum atomic E-state index is -0.254. The number of rotatable bonds is 6. The SMILES string of the molecule is Cc1ccc(NC(=O)CN(C)C(=O)c2cccnc2NC(C)C)cc1. The third-order valence-corrected chi connectivity index (χ3v) is 3.53. The van der Waals surface area contributed by atoms with Crippen LogP contribution in [0, 0.1) is 6.92 Å². The van der Waals surface area contributed by atoms with E-state index >= 15 is 0 Å². The Morgan fingerprint density at radius 2 is 1.84 bits per heavy atom. The Kier molecular flexibility index (Phi) is 6.11. The predicted molar refractivity (Wildman–Crippen MR) is 99.8 cm³/mol. The standard InChI is InChI=1S/C19H24N4O2/c1-13(2)21-18-16(6-5-11-20-18)19(25)23(4)12-17(24)22-15-9-7-14(3)8-10-15/h5-11,13H,12H2,1-4H3,(H,20,21)(H,22,24). The molecule has 1 aromatic heterocycles. The van der Waals surface area contributed by atoms with E-state index in [1.54, 1.807) is 25.4 Å². The minimum Gasteiger partial charge on any atom is -0.367 e. The van der Waals surface area contributed by atoms with Gasteiger partial charge in [-0.3, -0.25) is 9.59 Å². The summed E-state index contributed by atoms with van der Waals surface area (Å²) >= 11 is 0. The summed E-state index contributed by atoms with van der Waals surface area (Å²) in [4.78, 5) is 30.4. The molecule has 2 amide bonds. The lowest BCUT2D eigenvalue weighted by Crippen LogP contribution is -2.35. The topological polar surface area (TPSA) is 74.3 Å². The molecule has 0 radical (unpaired) electrons. The fourth-order valence-electron chi connectivity index (χ4n) is 2.30. The number of aromatic nitrogens is 1. The van der Waals surface area contributed by atoms with Gasteiger partial charge in [0.05, 0.1) is 12.1 Å². The van der Waals surface area contributed by atoms with Crippen molar-refractivity contribution in [3.05, 3.63) is 53.7 Å². The number of aryl methyl sites for hydroxylation is 1. The first kappa shape index (κ1) is 18.4. The van der Waals surface area contributed by atoms with E-state index in [0.717, 1.165) is 5.56 Å². The smallest absolute Gasteiger partial charge is 0.257 e. The monoisotopic (exact) mass is 340 g/mol. The highest BCUT2D eigenvalue weighted by Gasteiger charge is 2.19. The number of pyridine rings is 1. The molecule has 0 saturated carbocycles. The van der Waals surface area contributed by atoms with Gasteiger partial charge in [-0.25, -0.2) is 4.98 Å². The molecule has 0 fully saturated rings. The van der Waals surface area contributed by atoms with Crippen LogP contribution < -0.4 is 10.6 Å². The van der Waals surface area contributed by atoms with Crippen LogP contribution in [0.25, 0.3) is 0 Å². The van der Waals surface area contributed by atoms with Crippen LogP contribution in [0.2, 0.25) is 0 Å². The highest BCUT2D eigenvalue weighted by Crippen LogP contribution is 2.15. The van der Waals surface area contributed by atoms with E-state index in [1.807, 2.05) is 45.0 Å². The number of nitrogens with zero attached hydrogens (tertiary/aromatic N) is 2. The molecule has 0 unspecified atom stereocenters. The number of anilines is 2. The maximum Gasteiger partial charge on any atom is 0.257 e. The van der Waals surface area contributed by atoms with Crippen LogP contribution in [-0.4, -0.2) is 41.3 Å². The van der Waals surface area contributed by atoms with Gasteiger partial charge in [0, 0.05) is 25.0 Å². The van der Waals surface area contributed by atoms with Crippen molar-refractivity contribution in [3.63, 3.8) is 0 Å². The number of hydrogen-bond donors (Lipinski definition) is 2. The quantitative estimate of drug-likeness (QED) is 0.848. The molecule has 0 aliphatic carbocycles. The van der Waals surface area contributed by atoms with E-state index in [9.17, 15) is 9.59 Å². The molecule has 0 saturated heterocycles. The molecule has 0 aliphatic heterocycles. The Labute approximate surface area is 148 Å². The third kappa shape index (κ3) is 5.31. The molecule has 2 aromatic rings. The number of amides is 2. The average molecular weight is 340 g/mol. The minimum absolute atomic E-state index is 0.0390. The highest BCUT2D eigenvalue weighted by atomic mass is 16.2.